The number of carboxylic acid groups (broad SMARTS) is 2. The Labute approximate surface area is 189 Å². The molecule has 2 aromatic carbocycles. The number of aromatic nitrogens is 2. The van der Waals surface area contributed by atoms with Crippen molar-refractivity contribution < 1.29 is 24.6 Å². The molecule has 0 aliphatic carbocycles. The molecule has 1 amide bonds. The van der Waals surface area contributed by atoms with Crippen LogP contribution in [0.25, 0.3) is 22.4 Å². The van der Waals surface area contributed by atoms with Gasteiger partial charge < -0.3 is 30.7 Å². The van der Waals surface area contributed by atoms with Gasteiger partial charge in [0, 0.05) is 31.8 Å². The highest BCUT2D eigenvalue weighted by Crippen LogP contribution is 2.30. The summed E-state index contributed by atoms with van der Waals surface area (Å²) in [6.07, 6.45) is -0.238. The zero-order valence-electron chi connectivity index (χ0n) is 18.1. The van der Waals surface area contributed by atoms with Crippen LogP contribution in [0.1, 0.15) is 22.3 Å². The fourth-order valence-corrected chi connectivity index (χ4v) is 3.45. The van der Waals surface area contributed by atoms with Crippen molar-refractivity contribution in [3.63, 3.8) is 0 Å². The van der Waals surface area contributed by atoms with Gasteiger partial charge in [0.1, 0.15) is 18.2 Å². The van der Waals surface area contributed by atoms with Crippen molar-refractivity contribution in [2.75, 3.05) is 25.0 Å². The van der Waals surface area contributed by atoms with Crippen LogP contribution < -0.4 is 16.0 Å². The first kappa shape index (κ1) is 23.3. The zero-order valence-corrected chi connectivity index (χ0v) is 18.1. The number of carbonyl (C=O) groups is 3. The summed E-state index contributed by atoms with van der Waals surface area (Å²) >= 11 is 0. The Bertz CT molecular complexity index is 1250. The van der Waals surface area contributed by atoms with Crippen LogP contribution in [-0.4, -0.2) is 63.6 Å². The molecule has 1 heterocycles. The first-order chi connectivity index (χ1) is 15.6. The SMILES string of the molecule is CN(CC(=O)O)c1cc2c(cc1C(=O)NCCC(=O)O)nc(-c1ccc(C(=N)N)cc1)n2C. The van der Waals surface area contributed by atoms with E-state index in [0.29, 0.717) is 28.1 Å². The number of aliphatic carboxylic acids is 2. The number of amidine groups is 1. The van der Waals surface area contributed by atoms with Crippen LogP contribution in [0.2, 0.25) is 0 Å². The lowest BCUT2D eigenvalue weighted by atomic mass is 10.1. The fourth-order valence-electron chi connectivity index (χ4n) is 3.45. The molecular formula is C22H24N6O5. The average molecular weight is 452 g/mol. The number of nitrogen functional groups attached to an aromatic ring is 1. The quantitative estimate of drug-likeness (QED) is 0.238. The maximum Gasteiger partial charge on any atom is 0.323 e. The standard InChI is InChI=1S/C22H24N6O5/c1-27(11-19(31)32)16-10-17-15(9-14(16)22(33)25-8-7-18(29)30)26-21(28(17)2)13-5-3-12(4-6-13)20(23)24/h3-6,9-10H,7-8,11H2,1-2H3,(H3,23,24)(H,25,33)(H,29,30)(H,31,32). The van der Waals surface area contributed by atoms with E-state index in [9.17, 15) is 19.5 Å². The maximum atomic E-state index is 12.8. The lowest BCUT2D eigenvalue weighted by Crippen LogP contribution is -2.31. The minimum atomic E-state index is -1.06. The van der Waals surface area contributed by atoms with E-state index in [4.69, 9.17) is 16.2 Å². The van der Waals surface area contributed by atoms with Crippen LogP contribution in [0.15, 0.2) is 36.4 Å². The Morgan fingerprint density at radius 2 is 1.82 bits per heavy atom. The van der Waals surface area contributed by atoms with E-state index in [0.717, 1.165) is 5.56 Å². The summed E-state index contributed by atoms with van der Waals surface area (Å²) in [4.78, 5) is 40.9. The van der Waals surface area contributed by atoms with Crippen LogP contribution in [-0.2, 0) is 16.6 Å². The van der Waals surface area contributed by atoms with Gasteiger partial charge >= 0.3 is 11.9 Å². The summed E-state index contributed by atoms with van der Waals surface area (Å²) in [6, 6.07) is 10.2. The summed E-state index contributed by atoms with van der Waals surface area (Å²) in [7, 11) is 3.36. The second kappa shape index (κ2) is 9.39. The number of nitrogens with two attached hydrogens (primary N) is 1. The second-order valence-corrected chi connectivity index (χ2v) is 7.49. The molecule has 172 valence electrons. The van der Waals surface area contributed by atoms with E-state index in [-0.39, 0.29) is 30.9 Å². The van der Waals surface area contributed by atoms with Gasteiger partial charge in [0.25, 0.3) is 5.91 Å². The molecule has 0 spiro atoms. The predicted octanol–water partition coefficient (Wildman–Crippen LogP) is 1.25. The van der Waals surface area contributed by atoms with Gasteiger partial charge in [0.15, 0.2) is 0 Å². The number of aryl methyl sites for hydroxylation is 1. The Balaban J connectivity index is 2.08. The van der Waals surface area contributed by atoms with E-state index in [1.807, 2.05) is 4.57 Å². The number of fused-ring (bicyclic) bond motifs is 1. The van der Waals surface area contributed by atoms with Crippen molar-refractivity contribution >= 4 is 40.4 Å². The fraction of sp³-hybridized carbons (Fsp3) is 0.227. The number of imidazole rings is 1. The van der Waals surface area contributed by atoms with Crippen LogP contribution in [0.4, 0.5) is 5.69 Å². The summed E-state index contributed by atoms with van der Waals surface area (Å²) < 4.78 is 1.82. The first-order valence-corrected chi connectivity index (χ1v) is 9.96. The Morgan fingerprint density at radius 3 is 2.39 bits per heavy atom. The predicted molar refractivity (Wildman–Crippen MR) is 123 cm³/mol. The molecule has 11 heteroatoms. The van der Waals surface area contributed by atoms with Gasteiger partial charge in [0.05, 0.1) is 28.7 Å². The van der Waals surface area contributed by atoms with Crippen LogP contribution in [0, 0.1) is 5.41 Å². The van der Waals surface area contributed by atoms with Gasteiger partial charge in [-0.2, -0.15) is 0 Å². The summed E-state index contributed by atoms with van der Waals surface area (Å²) in [5.74, 6) is -2.07. The zero-order chi connectivity index (χ0) is 24.3. The molecule has 0 radical (unpaired) electrons. The third-order valence-corrected chi connectivity index (χ3v) is 5.11. The van der Waals surface area contributed by atoms with E-state index in [1.165, 1.54) is 4.90 Å². The molecule has 0 bridgehead atoms. The van der Waals surface area contributed by atoms with Crippen molar-refractivity contribution in [1.82, 2.24) is 14.9 Å². The molecule has 0 saturated carbocycles. The lowest BCUT2D eigenvalue weighted by Gasteiger charge is -2.20. The van der Waals surface area contributed by atoms with Crippen molar-refractivity contribution in [1.29, 1.82) is 5.41 Å². The van der Waals surface area contributed by atoms with Gasteiger partial charge in [-0.25, -0.2) is 4.98 Å². The lowest BCUT2D eigenvalue weighted by molar-refractivity contribution is -0.137. The van der Waals surface area contributed by atoms with Gasteiger partial charge in [-0.1, -0.05) is 24.3 Å². The van der Waals surface area contributed by atoms with Gasteiger partial charge in [0.2, 0.25) is 0 Å². The van der Waals surface area contributed by atoms with Crippen LogP contribution in [0.3, 0.4) is 0 Å². The van der Waals surface area contributed by atoms with Gasteiger partial charge in [-0.3, -0.25) is 19.8 Å². The third kappa shape index (κ3) is 5.09. The van der Waals surface area contributed by atoms with E-state index in [1.54, 1.807) is 50.5 Å². The molecular weight excluding hydrogens is 428 g/mol. The molecule has 0 atom stereocenters. The minimum absolute atomic E-state index is 0.0452. The number of nitrogens with zero attached hydrogens (tertiary/aromatic N) is 3. The number of carbonyl (C=O) groups excluding carboxylic acids is 1. The topological polar surface area (TPSA) is 175 Å². The Morgan fingerprint density at radius 1 is 1.15 bits per heavy atom. The number of hydrogen-bond donors (Lipinski definition) is 5. The smallest absolute Gasteiger partial charge is 0.323 e. The number of benzene rings is 2. The highest BCUT2D eigenvalue weighted by molar-refractivity contribution is 6.04. The molecule has 11 nitrogen and oxygen atoms in total. The van der Waals surface area contributed by atoms with Crippen LogP contribution >= 0.6 is 0 Å². The van der Waals surface area contributed by atoms with Crippen molar-refractivity contribution in [3.05, 3.63) is 47.5 Å². The number of nitrogens with one attached hydrogen (secondary N) is 2. The molecule has 0 aliphatic rings. The molecule has 0 saturated heterocycles. The van der Waals surface area contributed by atoms with Crippen molar-refractivity contribution in [2.24, 2.45) is 12.8 Å². The normalized spacial score (nSPS) is 10.7. The van der Waals surface area contributed by atoms with E-state index < -0.39 is 17.8 Å². The van der Waals surface area contributed by atoms with Gasteiger partial charge in [-0.15, -0.1) is 0 Å². The molecule has 0 unspecified atom stereocenters. The van der Waals surface area contributed by atoms with E-state index in [2.05, 4.69) is 10.3 Å². The van der Waals surface area contributed by atoms with Crippen molar-refractivity contribution in [2.45, 2.75) is 6.42 Å². The van der Waals surface area contributed by atoms with Crippen molar-refractivity contribution in [3.8, 4) is 11.4 Å². The summed E-state index contributed by atoms with van der Waals surface area (Å²) in [6.45, 7) is -0.400. The third-order valence-electron chi connectivity index (χ3n) is 5.11. The molecule has 0 fully saturated rings. The van der Waals surface area contributed by atoms with Crippen LogP contribution in [0.5, 0.6) is 0 Å². The highest BCUT2D eigenvalue weighted by Gasteiger charge is 2.21. The summed E-state index contributed by atoms with van der Waals surface area (Å²) in [5, 5.41) is 28.1. The minimum Gasteiger partial charge on any atom is -0.481 e. The molecule has 3 aromatic rings. The number of rotatable bonds is 9. The van der Waals surface area contributed by atoms with E-state index >= 15 is 0 Å². The monoisotopic (exact) mass is 452 g/mol. The molecule has 1 aromatic heterocycles. The van der Waals surface area contributed by atoms with Gasteiger partial charge in [-0.05, 0) is 12.1 Å². The molecule has 6 N–H and O–H groups in total. The maximum absolute atomic E-state index is 12.8. The average Bonchev–Trinajstić information content (AvgIpc) is 3.07. The number of hydrogen-bond acceptors (Lipinski definition) is 6. The number of likely N-dealkylation sites (N-methyl/N-ethyl adjacent to an activating group) is 1. The largest absolute Gasteiger partial charge is 0.481 e. The molecule has 3 rings (SSSR count). The summed E-state index contributed by atoms with van der Waals surface area (Å²) in [5.41, 5.74) is 8.62. The first-order valence-electron chi connectivity index (χ1n) is 9.96. The number of anilines is 1. The number of carboxylic acids is 2. The Kier molecular flexibility index (Phi) is 6.61. The Hall–Kier alpha value is -4.41. The molecule has 0 aliphatic heterocycles. The number of amides is 1. The molecule has 33 heavy (non-hydrogen) atoms. The highest BCUT2D eigenvalue weighted by atomic mass is 16.4. The second-order valence-electron chi connectivity index (χ2n) is 7.49.